The molecule has 0 fully saturated rings. The second kappa shape index (κ2) is 6.20. The van der Waals surface area contributed by atoms with Gasteiger partial charge in [0.15, 0.2) is 5.69 Å². The van der Waals surface area contributed by atoms with Crippen molar-refractivity contribution in [1.29, 1.82) is 0 Å². The van der Waals surface area contributed by atoms with Gasteiger partial charge in [-0.05, 0) is 42.0 Å². The maximum Gasteiger partial charge on any atom is 0.269 e. The van der Waals surface area contributed by atoms with Crippen LogP contribution in [0.25, 0.3) is 21.8 Å². The highest BCUT2D eigenvalue weighted by molar-refractivity contribution is 6.31. The summed E-state index contributed by atoms with van der Waals surface area (Å²) in [7, 11) is 0. The fourth-order valence-electron chi connectivity index (χ4n) is 2.95. The Kier molecular flexibility index (Phi) is 3.85. The van der Waals surface area contributed by atoms with Crippen molar-refractivity contribution in [2.75, 3.05) is 5.32 Å². The molecule has 0 unspecified atom stereocenters. The van der Waals surface area contributed by atoms with Crippen LogP contribution in [0, 0.1) is 0 Å². The van der Waals surface area contributed by atoms with Crippen LogP contribution in [0.3, 0.4) is 0 Å². The van der Waals surface area contributed by atoms with Crippen LogP contribution in [0.4, 0.5) is 5.69 Å². The van der Waals surface area contributed by atoms with Gasteiger partial charge in [-0.25, -0.2) is 0 Å². The zero-order chi connectivity index (χ0) is 18.3. The summed E-state index contributed by atoms with van der Waals surface area (Å²) in [5, 5.41) is 11.5. The van der Waals surface area contributed by atoms with Crippen molar-refractivity contribution in [3.63, 3.8) is 0 Å². The van der Waals surface area contributed by atoms with Crippen molar-refractivity contribution in [2.24, 2.45) is 5.73 Å². The quantitative estimate of drug-likeness (QED) is 0.444. The molecule has 130 valence electrons. The molecule has 26 heavy (non-hydrogen) atoms. The highest BCUT2D eigenvalue weighted by atomic mass is 35.5. The molecule has 0 saturated heterocycles. The summed E-state index contributed by atoms with van der Waals surface area (Å²) in [6.07, 6.45) is 1.98. The monoisotopic (exact) mass is 367 g/mol. The highest BCUT2D eigenvalue weighted by Gasteiger charge is 2.13. The lowest BCUT2D eigenvalue weighted by Crippen LogP contribution is -2.14. The number of nitrogens with two attached hydrogens (primary N) is 1. The number of aromatic amines is 2. The van der Waals surface area contributed by atoms with Gasteiger partial charge in [-0.1, -0.05) is 11.6 Å². The maximum atomic E-state index is 12.4. The summed E-state index contributed by atoms with van der Waals surface area (Å²) < 4.78 is 0. The van der Waals surface area contributed by atoms with E-state index in [1.165, 1.54) is 0 Å². The number of rotatable bonds is 4. The summed E-state index contributed by atoms with van der Waals surface area (Å²) in [5.74, 6) is -0.815. The topological polar surface area (TPSA) is 117 Å². The Balaban J connectivity index is 1.57. The predicted molar refractivity (Wildman–Crippen MR) is 100 cm³/mol. The molecule has 4 rings (SSSR count). The van der Waals surface area contributed by atoms with E-state index < -0.39 is 5.91 Å². The fourth-order valence-corrected chi connectivity index (χ4v) is 3.13. The molecule has 0 aliphatic carbocycles. The molecule has 0 aliphatic heterocycles. The van der Waals surface area contributed by atoms with Gasteiger partial charge in [-0.3, -0.25) is 14.7 Å². The van der Waals surface area contributed by atoms with Gasteiger partial charge >= 0.3 is 0 Å². The Labute approximate surface area is 152 Å². The Hall–Kier alpha value is -3.32. The third-order valence-electron chi connectivity index (χ3n) is 4.16. The molecule has 2 heterocycles. The van der Waals surface area contributed by atoms with Crippen LogP contribution < -0.4 is 11.1 Å². The summed E-state index contributed by atoms with van der Waals surface area (Å²) in [6.45, 7) is 0. The number of nitrogens with zero attached hydrogens (tertiary/aromatic N) is 1. The molecular formula is C18H14ClN5O2. The second-order valence-corrected chi connectivity index (χ2v) is 6.36. The first-order valence-electron chi connectivity index (χ1n) is 7.84. The molecule has 0 bridgehead atoms. The van der Waals surface area contributed by atoms with Crippen LogP contribution >= 0.6 is 11.6 Å². The summed E-state index contributed by atoms with van der Waals surface area (Å²) >= 11 is 6.04. The summed E-state index contributed by atoms with van der Waals surface area (Å²) in [4.78, 5) is 27.0. The van der Waals surface area contributed by atoms with E-state index in [0.29, 0.717) is 21.6 Å². The Morgan fingerprint density at radius 3 is 2.73 bits per heavy atom. The Morgan fingerprint density at radius 2 is 1.92 bits per heavy atom. The average molecular weight is 368 g/mol. The van der Waals surface area contributed by atoms with E-state index in [9.17, 15) is 9.59 Å². The number of carbonyl (C=O) groups excluding carboxylic acids is 2. The predicted octanol–water partition coefficient (Wildman–Crippen LogP) is 2.98. The Bertz CT molecular complexity index is 1160. The summed E-state index contributed by atoms with van der Waals surface area (Å²) in [5.41, 5.74) is 8.45. The second-order valence-electron chi connectivity index (χ2n) is 5.93. The molecular weight excluding hydrogens is 354 g/mol. The van der Waals surface area contributed by atoms with E-state index >= 15 is 0 Å². The molecule has 0 radical (unpaired) electrons. The van der Waals surface area contributed by atoms with Crippen LogP contribution in [0.5, 0.6) is 0 Å². The van der Waals surface area contributed by atoms with E-state index in [1.54, 1.807) is 30.5 Å². The van der Waals surface area contributed by atoms with Crippen LogP contribution in [0.1, 0.15) is 16.1 Å². The first-order chi connectivity index (χ1) is 12.5. The van der Waals surface area contributed by atoms with Gasteiger partial charge in [-0.15, -0.1) is 0 Å². The number of carbonyl (C=O) groups is 2. The molecule has 0 aliphatic rings. The zero-order valence-corrected chi connectivity index (χ0v) is 14.2. The van der Waals surface area contributed by atoms with Crippen molar-refractivity contribution in [2.45, 2.75) is 6.42 Å². The van der Waals surface area contributed by atoms with E-state index in [0.717, 1.165) is 16.5 Å². The van der Waals surface area contributed by atoms with Gasteiger partial charge in [0.2, 0.25) is 5.91 Å². The molecule has 4 aromatic rings. The first-order valence-corrected chi connectivity index (χ1v) is 8.22. The summed E-state index contributed by atoms with van der Waals surface area (Å²) in [6, 6.07) is 10.6. The number of benzene rings is 2. The van der Waals surface area contributed by atoms with Gasteiger partial charge in [0.25, 0.3) is 5.91 Å². The normalized spacial score (nSPS) is 11.1. The number of hydrogen-bond acceptors (Lipinski definition) is 3. The van der Waals surface area contributed by atoms with Crippen molar-refractivity contribution >= 4 is 50.9 Å². The smallest absolute Gasteiger partial charge is 0.269 e. The van der Waals surface area contributed by atoms with Crippen LogP contribution in [0.15, 0.2) is 42.6 Å². The molecule has 0 spiro atoms. The van der Waals surface area contributed by atoms with E-state index in [4.69, 9.17) is 17.3 Å². The van der Waals surface area contributed by atoms with E-state index in [2.05, 4.69) is 20.5 Å². The molecule has 0 saturated carbocycles. The number of primary amides is 1. The average Bonchev–Trinajstić information content (AvgIpc) is 3.19. The van der Waals surface area contributed by atoms with Crippen LogP contribution in [-0.2, 0) is 11.2 Å². The lowest BCUT2D eigenvalue weighted by Gasteiger charge is -2.05. The molecule has 2 aromatic heterocycles. The SMILES string of the molecule is NC(=O)c1n[nH]c2ccc(NC(=O)Cc3c[nH]c4ccc(Cl)cc34)cc12. The zero-order valence-electron chi connectivity index (χ0n) is 13.5. The van der Waals surface area contributed by atoms with Crippen LogP contribution in [0.2, 0.25) is 5.02 Å². The van der Waals surface area contributed by atoms with E-state index in [-0.39, 0.29) is 18.0 Å². The number of halogens is 1. The van der Waals surface area contributed by atoms with Gasteiger partial charge in [0.1, 0.15) is 0 Å². The third-order valence-corrected chi connectivity index (χ3v) is 4.40. The first kappa shape index (κ1) is 16.2. The molecule has 7 nitrogen and oxygen atoms in total. The van der Waals surface area contributed by atoms with Crippen molar-refractivity contribution in [1.82, 2.24) is 15.2 Å². The minimum atomic E-state index is -0.629. The molecule has 2 amide bonds. The van der Waals surface area contributed by atoms with Gasteiger partial charge in [0, 0.05) is 33.2 Å². The lowest BCUT2D eigenvalue weighted by molar-refractivity contribution is -0.115. The number of nitrogens with one attached hydrogen (secondary N) is 3. The van der Waals surface area contributed by atoms with E-state index in [1.807, 2.05) is 12.1 Å². The number of fused-ring (bicyclic) bond motifs is 2. The van der Waals surface area contributed by atoms with Gasteiger partial charge in [-0.2, -0.15) is 5.10 Å². The van der Waals surface area contributed by atoms with Gasteiger partial charge < -0.3 is 16.0 Å². The van der Waals surface area contributed by atoms with Gasteiger partial charge in [0.05, 0.1) is 11.9 Å². The number of amides is 2. The third kappa shape index (κ3) is 2.89. The van der Waals surface area contributed by atoms with Crippen molar-refractivity contribution in [3.05, 3.63) is 58.9 Å². The molecule has 5 N–H and O–H groups in total. The van der Waals surface area contributed by atoms with Crippen LogP contribution in [-0.4, -0.2) is 27.0 Å². The van der Waals surface area contributed by atoms with Crippen molar-refractivity contribution < 1.29 is 9.59 Å². The maximum absolute atomic E-state index is 12.4. The Morgan fingerprint density at radius 1 is 1.12 bits per heavy atom. The number of H-pyrrole nitrogens is 2. The van der Waals surface area contributed by atoms with Crippen molar-refractivity contribution in [3.8, 4) is 0 Å². The highest BCUT2D eigenvalue weighted by Crippen LogP contribution is 2.24. The molecule has 8 heteroatoms. The standard InChI is InChI=1S/C18H14ClN5O2/c19-10-1-3-14-12(6-10)9(8-21-14)5-16(25)22-11-2-4-15-13(7-11)17(18(20)26)24-23-15/h1-4,6-8,21H,5H2,(H2,20,26)(H,22,25)(H,23,24). The number of hydrogen-bond donors (Lipinski definition) is 4. The number of anilines is 1. The largest absolute Gasteiger partial charge is 0.364 e. The fraction of sp³-hybridized carbons (Fsp3) is 0.0556. The lowest BCUT2D eigenvalue weighted by atomic mass is 10.1. The molecule has 0 atom stereocenters. The minimum Gasteiger partial charge on any atom is -0.364 e. The minimum absolute atomic E-state index is 0.141. The molecule has 2 aromatic carbocycles. The number of aromatic nitrogens is 3.